The Labute approximate surface area is 121 Å². The van der Waals surface area contributed by atoms with Crippen LogP contribution in [0.25, 0.3) is 0 Å². The third-order valence-electron chi connectivity index (χ3n) is 4.15. The van der Waals surface area contributed by atoms with Crippen LogP contribution in [-0.2, 0) is 9.53 Å². The van der Waals surface area contributed by atoms with Crippen LogP contribution in [0.3, 0.4) is 0 Å². The average molecular weight is 289 g/mol. The predicted molar refractivity (Wildman–Crippen MR) is 71.7 cm³/mol. The maximum Gasteiger partial charge on any atom is 0.337 e. The van der Waals surface area contributed by atoms with E-state index in [-0.39, 0.29) is 24.7 Å². The van der Waals surface area contributed by atoms with E-state index in [1.54, 1.807) is 18.2 Å². The number of aryl methyl sites for hydroxylation is 1. The molecule has 0 bridgehead atoms. The first-order valence-electron chi connectivity index (χ1n) is 6.67. The monoisotopic (exact) mass is 289 g/mol. The molecule has 1 saturated carbocycles. The number of amides is 2. The van der Waals surface area contributed by atoms with Crippen molar-refractivity contribution in [3.8, 4) is 0 Å². The predicted octanol–water partition coefficient (Wildman–Crippen LogP) is 0.658. The number of nitrogens with zero attached hydrogens (tertiary/aromatic N) is 1. The Morgan fingerprint density at radius 3 is 2.52 bits per heavy atom. The first-order chi connectivity index (χ1) is 9.87. The highest BCUT2D eigenvalue weighted by atomic mass is 16.5. The number of fused-ring (bicyclic) bond motifs is 1. The summed E-state index contributed by atoms with van der Waals surface area (Å²) in [5.41, 5.74) is 0.0639. The van der Waals surface area contributed by atoms with Crippen LogP contribution in [0.4, 0.5) is 0 Å². The maximum atomic E-state index is 12.4. The Morgan fingerprint density at radius 1 is 1.29 bits per heavy atom. The summed E-state index contributed by atoms with van der Waals surface area (Å²) in [4.78, 5) is 37.2. The molecule has 110 valence electrons. The fourth-order valence-electron chi connectivity index (χ4n) is 2.96. The van der Waals surface area contributed by atoms with E-state index in [4.69, 9.17) is 0 Å². The number of carbonyl (C=O) groups is 3. The van der Waals surface area contributed by atoms with Crippen LogP contribution < -0.4 is 0 Å². The van der Waals surface area contributed by atoms with E-state index in [1.165, 1.54) is 7.11 Å². The number of esters is 1. The van der Waals surface area contributed by atoms with Crippen LogP contribution in [0.2, 0.25) is 0 Å². The molecule has 1 heterocycles. The summed E-state index contributed by atoms with van der Waals surface area (Å²) in [5, 5.41) is 10.0. The number of rotatable bonds is 2. The van der Waals surface area contributed by atoms with Gasteiger partial charge in [0.15, 0.2) is 5.60 Å². The number of ether oxygens (including phenoxy) is 1. The standard InChI is InChI=1S/C15H15NO5/c1-8-3-4-10-11(5-8)13(18)16(12(10)17)9-6-15(20,7-9)14(19)21-2/h3-5,9,20H,6-7H2,1-2H3. The second-order valence-electron chi connectivity index (χ2n) is 5.61. The van der Waals surface area contributed by atoms with Gasteiger partial charge in [-0.25, -0.2) is 4.79 Å². The second kappa shape index (κ2) is 4.39. The molecular formula is C15H15NO5. The molecule has 1 aliphatic heterocycles. The third-order valence-corrected chi connectivity index (χ3v) is 4.15. The molecule has 0 unspecified atom stereocenters. The minimum absolute atomic E-state index is 0.0180. The van der Waals surface area contributed by atoms with Gasteiger partial charge in [-0.3, -0.25) is 14.5 Å². The first kappa shape index (κ1) is 13.8. The van der Waals surface area contributed by atoms with Crippen molar-refractivity contribution in [3.63, 3.8) is 0 Å². The van der Waals surface area contributed by atoms with Crippen LogP contribution in [0, 0.1) is 6.92 Å². The fraction of sp³-hybridized carbons (Fsp3) is 0.400. The Hall–Kier alpha value is -2.21. The number of carbonyl (C=O) groups excluding carboxylic acids is 3. The largest absolute Gasteiger partial charge is 0.467 e. The van der Waals surface area contributed by atoms with Crippen molar-refractivity contribution in [1.82, 2.24) is 4.90 Å². The maximum absolute atomic E-state index is 12.4. The minimum Gasteiger partial charge on any atom is -0.467 e. The first-order valence-corrected chi connectivity index (χ1v) is 6.67. The van der Waals surface area contributed by atoms with Gasteiger partial charge in [0.2, 0.25) is 0 Å². The molecule has 2 aliphatic rings. The van der Waals surface area contributed by atoms with Gasteiger partial charge >= 0.3 is 5.97 Å². The Morgan fingerprint density at radius 2 is 1.90 bits per heavy atom. The number of methoxy groups -OCH3 is 1. The molecular weight excluding hydrogens is 274 g/mol. The second-order valence-corrected chi connectivity index (χ2v) is 5.61. The van der Waals surface area contributed by atoms with Crippen molar-refractivity contribution in [3.05, 3.63) is 34.9 Å². The molecule has 6 nitrogen and oxygen atoms in total. The lowest BCUT2D eigenvalue weighted by Crippen LogP contribution is -2.60. The van der Waals surface area contributed by atoms with Crippen LogP contribution in [0.1, 0.15) is 39.1 Å². The SMILES string of the molecule is COC(=O)C1(O)CC(N2C(=O)c3ccc(C)cc3C2=O)C1. The summed E-state index contributed by atoms with van der Waals surface area (Å²) in [6.07, 6.45) is 0.0360. The van der Waals surface area contributed by atoms with Crippen LogP contribution in [0.15, 0.2) is 18.2 Å². The molecule has 0 saturated heterocycles. The van der Waals surface area contributed by atoms with E-state index in [9.17, 15) is 19.5 Å². The molecule has 21 heavy (non-hydrogen) atoms. The molecule has 0 aromatic heterocycles. The minimum atomic E-state index is -1.59. The smallest absolute Gasteiger partial charge is 0.337 e. The van der Waals surface area contributed by atoms with Crippen molar-refractivity contribution >= 4 is 17.8 Å². The van der Waals surface area contributed by atoms with E-state index >= 15 is 0 Å². The zero-order valence-corrected chi connectivity index (χ0v) is 11.8. The number of hydrogen-bond acceptors (Lipinski definition) is 5. The summed E-state index contributed by atoms with van der Waals surface area (Å²) in [6, 6.07) is 4.62. The number of aliphatic hydroxyl groups is 1. The van der Waals surface area contributed by atoms with Gasteiger partial charge in [0, 0.05) is 18.9 Å². The highest BCUT2D eigenvalue weighted by Crippen LogP contribution is 2.40. The highest BCUT2D eigenvalue weighted by molar-refractivity contribution is 6.21. The summed E-state index contributed by atoms with van der Waals surface area (Å²) in [6.45, 7) is 1.85. The van der Waals surface area contributed by atoms with Gasteiger partial charge in [0.1, 0.15) is 0 Å². The van der Waals surface area contributed by atoms with Gasteiger partial charge in [-0.05, 0) is 19.1 Å². The van der Waals surface area contributed by atoms with Crippen LogP contribution in [-0.4, -0.2) is 46.5 Å². The molecule has 1 fully saturated rings. The van der Waals surface area contributed by atoms with Crippen molar-refractivity contribution in [2.24, 2.45) is 0 Å². The Balaban J connectivity index is 1.83. The van der Waals surface area contributed by atoms with Gasteiger partial charge in [-0.1, -0.05) is 11.6 Å². The highest BCUT2D eigenvalue weighted by Gasteiger charge is 2.55. The summed E-state index contributed by atoms with van der Waals surface area (Å²) in [7, 11) is 1.19. The third kappa shape index (κ3) is 1.86. The van der Waals surface area contributed by atoms with Crippen molar-refractivity contribution in [2.75, 3.05) is 7.11 Å². The van der Waals surface area contributed by atoms with Gasteiger partial charge in [0.25, 0.3) is 11.8 Å². The molecule has 1 aromatic rings. The van der Waals surface area contributed by atoms with Crippen molar-refractivity contribution in [2.45, 2.75) is 31.4 Å². The summed E-state index contributed by atoms with van der Waals surface area (Å²) >= 11 is 0. The van der Waals surface area contributed by atoms with E-state index in [1.807, 2.05) is 6.92 Å². The lowest BCUT2D eigenvalue weighted by Gasteiger charge is -2.44. The normalized spacial score (nSPS) is 27.4. The van der Waals surface area contributed by atoms with E-state index in [0.29, 0.717) is 11.1 Å². The van der Waals surface area contributed by atoms with Crippen molar-refractivity contribution in [1.29, 1.82) is 0 Å². The zero-order valence-electron chi connectivity index (χ0n) is 11.8. The van der Waals surface area contributed by atoms with Gasteiger partial charge < -0.3 is 9.84 Å². The average Bonchev–Trinajstić information content (AvgIpc) is 2.66. The lowest BCUT2D eigenvalue weighted by molar-refractivity contribution is -0.177. The van der Waals surface area contributed by atoms with Gasteiger partial charge in [0.05, 0.1) is 18.2 Å². The number of benzene rings is 1. The molecule has 0 atom stereocenters. The van der Waals surface area contributed by atoms with Crippen LogP contribution >= 0.6 is 0 Å². The molecule has 1 aromatic carbocycles. The molecule has 0 spiro atoms. The lowest BCUT2D eigenvalue weighted by atomic mass is 9.75. The summed E-state index contributed by atoms with van der Waals surface area (Å²) < 4.78 is 4.52. The van der Waals surface area contributed by atoms with E-state index < -0.39 is 17.6 Å². The topological polar surface area (TPSA) is 83.9 Å². The number of imide groups is 1. The molecule has 6 heteroatoms. The zero-order chi connectivity index (χ0) is 15.4. The molecule has 2 amide bonds. The molecule has 1 aliphatic carbocycles. The number of hydrogen-bond donors (Lipinski definition) is 1. The van der Waals surface area contributed by atoms with Gasteiger partial charge in [-0.2, -0.15) is 0 Å². The van der Waals surface area contributed by atoms with Crippen LogP contribution in [0.5, 0.6) is 0 Å². The fourth-order valence-corrected chi connectivity index (χ4v) is 2.96. The Kier molecular flexibility index (Phi) is 2.88. The Bertz CT molecular complexity index is 660. The van der Waals surface area contributed by atoms with E-state index in [2.05, 4.69) is 4.74 Å². The molecule has 3 rings (SSSR count). The quantitative estimate of drug-likeness (QED) is 0.638. The summed E-state index contributed by atoms with van der Waals surface area (Å²) in [5.74, 6) is -1.46. The molecule has 0 radical (unpaired) electrons. The molecule has 1 N–H and O–H groups in total. The van der Waals surface area contributed by atoms with E-state index in [0.717, 1.165) is 10.5 Å². The van der Waals surface area contributed by atoms with Crippen molar-refractivity contribution < 1.29 is 24.2 Å². The van der Waals surface area contributed by atoms with Gasteiger partial charge in [-0.15, -0.1) is 0 Å².